The average molecular weight is 584 g/mol. The van der Waals surface area contributed by atoms with E-state index in [0.717, 1.165) is 21.3 Å². The van der Waals surface area contributed by atoms with Crippen molar-refractivity contribution >= 4 is 33.4 Å². The Labute approximate surface area is 225 Å². The molecule has 1 aromatic heterocycles. The van der Waals surface area contributed by atoms with E-state index in [-0.39, 0.29) is 23.8 Å². The van der Waals surface area contributed by atoms with Crippen molar-refractivity contribution in [3.8, 4) is 11.4 Å². The highest BCUT2D eigenvalue weighted by atomic mass is 79.9. The van der Waals surface area contributed by atoms with Crippen LogP contribution in [0.4, 0.5) is 5.69 Å². The third kappa shape index (κ3) is 6.52. The topological polar surface area (TPSA) is 126 Å². The van der Waals surface area contributed by atoms with E-state index in [9.17, 15) is 20.2 Å². The van der Waals surface area contributed by atoms with Crippen LogP contribution in [0.1, 0.15) is 27.8 Å². The van der Waals surface area contributed by atoms with Crippen LogP contribution >= 0.6 is 27.7 Å². The number of hydrogen-bond acceptors (Lipinski definition) is 8. The first-order valence-corrected chi connectivity index (χ1v) is 12.8. The number of rotatable bonds is 10. The molecule has 0 aliphatic rings. The number of thioether (sulfide) groups is 1. The summed E-state index contributed by atoms with van der Waals surface area (Å²) in [6, 6.07) is 19.3. The zero-order chi connectivity index (χ0) is 26.5. The summed E-state index contributed by atoms with van der Waals surface area (Å²) in [5.41, 5.74) is 3.27. The van der Waals surface area contributed by atoms with Gasteiger partial charge in [-0.05, 0) is 67.4 Å². The third-order valence-corrected chi connectivity index (χ3v) is 7.13. The SMILES string of the molecule is Cc1cccc(-n2c(C)nnc2S[C@H](C[N+](=O)[O-])c2cc(Br)ccc2OCc2ccc([N+](=O)[O-])cc2)c1. The Morgan fingerprint density at radius 1 is 1.03 bits per heavy atom. The van der Waals surface area contributed by atoms with Gasteiger partial charge in [-0.2, -0.15) is 0 Å². The predicted molar refractivity (Wildman–Crippen MR) is 143 cm³/mol. The Morgan fingerprint density at radius 3 is 2.46 bits per heavy atom. The summed E-state index contributed by atoms with van der Waals surface area (Å²) in [5, 5.41) is 31.0. The molecule has 4 aromatic rings. The minimum Gasteiger partial charge on any atom is -0.489 e. The van der Waals surface area contributed by atoms with Crippen molar-refractivity contribution in [3.63, 3.8) is 0 Å². The van der Waals surface area contributed by atoms with Gasteiger partial charge in [0.1, 0.15) is 23.4 Å². The molecule has 0 amide bonds. The molecule has 0 saturated heterocycles. The molecule has 0 aliphatic carbocycles. The second-order valence-electron chi connectivity index (χ2n) is 8.22. The van der Waals surface area contributed by atoms with Crippen molar-refractivity contribution < 1.29 is 14.6 Å². The molecule has 1 heterocycles. The lowest BCUT2D eigenvalue weighted by Gasteiger charge is -2.18. The molecule has 37 heavy (non-hydrogen) atoms. The fourth-order valence-corrected chi connectivity index (χ4v) is 5.29. The third-order valence-electron chi connectivity index (χ3n) is 5.48. The Morgan fingerprint density at radius 2 is 1.78 bits per heavy atom. The fraction of sp³-hybridized carbons (Fsp3) is 0.200. The number of nitro benzene ring substituents is 1. The smallest absolute Gasteiger partial charge is 0.269 e. The average Bonchev–Trinajstić information content (AvgIpc) is 3.22. The van der Waals surface area contributed by atoms with E-state index in [2.05, 4.69) is 26.1 Å². The Balaban J connectivity index is 1.65. The predicted octanol–water partition coefficient (Wildman–Crippen LogP) is 6.24. The highest BCUT2D eigenvalue weighted by molar-refractivity contribution is 9.10. The second-order valence-corrected chi connectivity index (χ2v) is 10.3. The van der Waals surface area contributed by atoms with Crippen LogP contribution in [-0.2, 0) is 6.61 Å². The van der Waals surface area contributed by atoms with Gasteiger partial charge in [0.25, 0.3) is 5.69 Å². The van der Waals surface area contributed by atoms with Crippen LogP contribution in [0.15, 0.2) is 76.4 Å². The summed E-state index contributed by atoms with van der Waals surface area (Å²) < 4.78 is 8.67. The van der Waals surface area contributed by atoms with Gasteiger partial charge in [0.2, 0.25) is 6.54 Å². The van der Waals surface area contributed by atoms with Crippen LogP contribution in [0.25, 0.3) is 5.69 Å². The highest BCUT2D eigenvalue weighted by Crippen LogP contribution is 2.41. The Bertz CT molecular complexity index is 1440. The number of hydrogen-bond donors (Lipinski definition) is 0. The van der Waals surface area contributed by atoms with Crippen LogP contribution in [-0.4, -0.2) is 31.2 Å². The van der Waals surface area contributed by atoms with Crippen molar-refractivity contribution in [1.29, 1.82) is 0 Å². The van der Waals surface area contributed by atoms with Crippen LogP contribution in [0.2, 0.25) is 0 Å². The number of benzene rings is 3. The van der Waals surface area contributed by atoms with Crippen LogP contribution in [0.3, 0.4) is 0 Å². The largest absolute Gasteiger partial charge is 0.489 e. The van der Waals surface area contributed by atoms with E-state index in [4.69, 9.17) is 4.74 Å². The lowest BCUT2D eigenvalue weighted by atomic mass is 10.1. The van der Waals surface area contributed by atoms with Gasteiger partial charge in [0.15, 0.2) is 5.16 Å². The minimum atomic E-state index is -0.633. The van der Waals surface area contributed by atoms with E-state index in [1.54, 1.807) is 30.3 Å². The zero-order valence-corrected chi connectivity index (χ0v) is 22.3. The molecular weight excluding hydrogens is 562 g/mol. The number of nitrogens with zero attached hydrogens (tertiary/aromatic N) is 5. The molecule has 0 N–H and O–H groups in total. The van der Waals surface area contributed by atoms with Crippen molar-refractivity contribution in [2.24, 2.45) is 0 Å². The molecule has 0 aliphatic heterocycles. The van der Waals surface area contributed by atoms with Gasteiger partial charge in [0.05, 0.1) is 4.92 Å². The summed E-state index contributed by atoms with van der Waals surface area (Å²) >= 11 is 4.71. The summed E-state index contributed by atoms with van der Waals surface area (Å²) in [6.45, 7) is 3.59. The lowest BCUT2D eigenvalue weighted by Crippen LogP contribution is -2.13. The van der Waals surface area contributed by atoms with E-state index in [0.29, 0.717) is 22.3 Å². The Hall–Kier alpha value is -3.77. The minimum absolute atomic E-state index is 0.0106. The lowest BCUT2D eigenvalue weighted by molar-refractivity contribution is -0.479. The first kappa shape index (κ1) is 26.3. The molecule has 190 valence electrons. The number of non-ortho nitro benzene ring substituents is 1. The van der Waals surface area contributed by atoms with E-state index < -0.39 is 10.2 Å². The second kappa shape index (κ2) is 11.5. The van der Waals surface area contributed by atoms with Crippen molar-refractivity contribution in [2.45, 2.75) is 30.9 Å². The molecule has 12 heteroatoms. The maximum atomic E-state index is 11.7. The molecule has 10 nitrogen and oxygen atoms in total. The molecule has 4 rings (SSSR count). The number of halogens is 1. The molecule has 0 spiro atoms. The van der Waals surface area contributed by atoms with Gasteiger partial charge in [-0.1, -0.05) is 39.8 Å². The van der Waals surface area contributed by atoms with Gasteiger partial charge in [-0.3, -0.25) is 24.8 Å². The number of ether oxygens (including phenoxy) is 1. The van der Waals surface area contributed by atoms with E-state index >= 15 is 0 Å². The molecular formula is C25H22BrN5O5S. The zero-order valence-electron chi connectivity index (χ0n) is 19.9. The maximum Gasteiger partial charge on any atom is 0.269 e. The molecule has 1 atom stereocenters. The van der Waals surface area contributed by atoms with Crippen molar-refractivity contribution in [2.75, 3.05) is 6.54 Å². The summed E-state index contributed by atoms with van der Waals surface area (Å²) in [4.78, 5) is 21.8. The quantitative estimate of drug-likeness (QED) is 0.122. The van der Waals surface area contributed by atoms with Gasteiger partial charge < -0.3 is 4.74 Å². The summed E-state index contributed by atoms with van der Waals surface area (Å²) in [7, 11) is 0. The molecule has 0 bridgehead atoms. The number of aryl methyl sites for hydroxylation is 2. The van der Waals surface area contributed by atoms with Gasteiger partial charge in [0, 0.05) is 32.8 Å². The Kier molecular flexibility index (Phi) is 8.19. The van der Waals surface area contributed by atoms with E-state index in [1.807, 2.05) is 42.7 Å². The van der Waals surface area contributed by atoms with Crippen molar-refractivity contribution in [3.05, 3.63) is 114 Å². The van der Waals surface area contributed by atoms with E-state index in [1.165, 1.54) is 23.9 Å². The molecule has 0 unspecified atom stereocenters. The van der Waals surface area contributed by atoms with Crippen LogP contribution in [0.5, 0.6) is 5.75 Å². The highest BCUT2D eigenvalue weighted by Gasteiger charge is 2.27. The standard InChI is InChI=1S/C25H22BrN5O5S/c1-16-4-3-5-21(12-16)30-17(2)27-28-25(30)37-24(14-29(32)33)22-13-19(26)8-11-23(22)36-15-18-6-9-20(10-7-18)31(34)35/h3-13,24H,14-15H2,1-2H3/t24-/m1/s1. The van der Waals surface area contributed by atoms with Crippen molar-refractivity contribution in [1.82, 2.24) is 14.8 Å². The van der Waals surface area contributed by atoms with Crippen LogP contribution in [0, 0.1) is 34.1 Å². The first-order valence-electron chi connectivity index (χ1n) is 11.1. The van der Waals surface area contributed by atoms with Gasteiger partial charge in [-0.15, -0.1) is 10.2 Å². The molecule has 0 fully saturated rings. The van der Waals surface area contributed by atoms with Crippen LogP contribution < -0.4 is 4.74 Å². The number of aromatic nitrogens is 3. The normalized spacial score (nSPS) is 11.8. The summed E-state index contributed by atoms with van der Waals surface area (Å²) in [5.74, 6) is 1.14. The van der Waals surface area contributed by atoms with Gasteiger partial charge in [-0.25, -0.2) is 0 Å². The molecule has 0 saturated carbocycles. The maximum absolute atomic E-state index is 11.7. The monoisotopic (exact) mass is 583 g/mol. The summed E-state index contributed by atoms with van der Waals surface area (Å²) in [6.07, 6.45) is 0. The molecule has 0 radical (unpaired) electrons. The number of nitro groups is 2. The van der Waals surface area contributed by atoms with Gasteiger partial charge >= 0.3 is 0 Å². The molecule has 3 aromatic carbocycles. The fourth-order valence-electron chi connectivity index (χ4n) is 3.72. The first-order chi connectivity index (χ1) is 17.7.